The fourth-order valence-electron chi connectivity index (χ4n) is 0.855. The third-order valence-corrected chi connectivity index (χ3v) is 1.39. The molecule has 0 radical (unpaired) electrons. The molecule has 3 heteroatoms. The molecule has 0 N–H and O–H groups in total. The lowest BCUT2D eigenvalue weighted by Gasteiger charge is -2.01. The van der Waals surface area contributed by atoms with Gasteiger partial charge in [-0.3, -0.25) is 4.79 Å². The third-order valence-electron chi connectivity index (χ3n) is 1.39. The average molecular weight is 130 g/mol. The van der Waals surface area contributed by atoms with Gasteiger partial charge in [0.2, 0.25) is 0 Å². The van der Waals surface area contributed by atoms with Crippen LogP contribution in [0.1, 0.15) is 0 Å². The molecular weight excluding hydrogens is 120 g/mol. The maximum atomic E-state index is 10.8. The van der Waals surface area contributed by atoms with Gasteiger partial charge in [-0.05, 0) is 0 Å². The number of ketones is 1. The first-order chi connectivity index (χ1) is 4.34. The molecule has 1 fully saturated rings. The van der Waals surface area contributed by atoms with Crippen molar-refractivity contribution in [3.8, 4) is 0 Å². The van der Waals surface area contributed by atoms with Crippen LogP contribution in [0, 0.1) is 5.92 Å². The van der Waals surface area contributed by atoms with Crippen LogP contribution in [0.2, 0.25) is 0 Å². The van der Waals surface area contributed by atoms with Crippen molar-refractivity contribution >= 4 is 5.78 Å². The van der Waals surface area contributed by atoms with Gasteiger partial charge in [-0.15, -0.1) is 0 Å². The predicted molar refractivity (Wildman–Crippen MR) is 31.2 cm³/mol. The zero-order chi connectivity index (χ0) is 6.69. The van der Waals surface area contributed by atoms with Gasteiger partial charge < -0.3 is 9.47 Å². The smallest absolute Gasteiger partial charge is 0.166 e. The Morgan fingerprint density at radius 1 is 1.89 bits per heavy atom. The molecule has 0 amide bonds. The summed E-state index contributed by atoms with van der Waals surface area (Å²) in [7, 11) is 1.59. The number of methoxy groups -OCH3 is 1. The Labute approximate surface area is 53.9 Å². The van der Waals surface area contributed by atoms with E-state index < -0.39 is 0 Å². The fraction of sp³-hybridized carbons (Fsp3) is 0.833. The summed E-state index contributed by atoms with van der Waals surface area (Å²) in [5.74, 6) is 0.159. The summed E-state index contributed by atoms with van der Waals surface area (Å²) < 4.78 is 9.69. The van der Waals surface area contributed by atoms with Gasteiger partial charge in [-0.2, -0.15) is 0 Å². The van der Waals surface area contributed by atoms with Gasteiger partial charge in [-0.1, -0.05) is 0 Å². The number of carbonyl (C=O) groups excluding carboxylic acids is 1. The van der Waals surface area contributed by atoms with E-state index in [1.54, 1.807) is 7.11 Å². The summed E-state index contributed by atoms with van der Waals surface area (Å²) in [5.41, 5.74) is 0. The molecule has 1 saturated heterocycles. The lowest BCUT2D eigenvalue weighted by Crippen LogP contribution is -2.16. The highest BCUT2D eigenvalue weighted by Gasteiger charge is 2.24. The number of ether oxygens (including phenoxy) is 2. The van der Waals surface area contributed by atoms with E-state index >= 15 is 0 Å². The standard InChI is InChI=1S/C6H10O3/c1-8-2-5-3-9-4-6(5)7/h5H,2-4H2,1H3. The summed E-state index contributed by atoms with van der Waals surface area (Å²) in [6.45, 7) is 1.31. The largest absolute Gasteiger partial charge is 0.384 e. The molecule has 0 spiro atoms. The second-order valence-corrected chi connectivity index (χ2v) is 2.13. The number of carbonyl (C=O) groups is 1. The van der Waals surface area contributed by atoms with Gasteiger partial charge in [0.05, 0.1) is 19.1 Å². The monoisotopic (exact) mass is 130 g/mol. The summed E-state index contributed by atoms with van der Waals surface area (Å²) >= 11 is 0. The van der Waals surface area contributed by atoms with Crippen molar-refractivity contribution in [2.24, 2.45) is 5.92 Å². The molecule has 0 aromatic rings. The number of hydrogen-bond donors (Lipinski definition) is 0. The van der Waals surface area contributed by atoms with Crippen molar-refractivity contribution in [1.29, 1.82) is 0 Å². The highest BCUT2D eigenvalue weighted by molar-refractivity contribution is 5.83. The minimum absolute atomic E-state index is 0.00463. The van der Waals surface area contributed by atoms with E-state index in [4.69, 9.17) is 9.47 Å². The van der Waals surface area contributed by atoms with E-state index in [-0.39, 0.29) is 18.3 Å². The van der Waals surface area contributed by atoms with Crippen LogP contribution in [0.15, 0.2) is 0 Å². The molecule has 0 saturated carbocycles. The molecule has 0 bridgehead atoms. The number of rotatable bonds is 2. The van der Waals surface area contributed by atoms with Crippen molar-refractivity contribution in [1.82, 2.24) is 0 Å². The Morgan fingerprint density at radius 2 is 2.67 bits per heavy atom. The molecule has 0 aromatic carbocycles. The molecule has 52 valence electrons. The Morgan fingerprint density at radius 3 is 3.11 bits per heavy atom. The topological polar surface area (TPSA) is 35.5 Å². The van der Waals surface area contributed by atoms with Crippen LogP contribution >= 0.6 is 0 Å². The Balaban J connectivity index is 2.31. The van der Waals surface area contributed by atoms with E-state index in [1.165, 1.54) is 0 Å². The van der Waals surface area contributed by atoms with E-state index in [2.05, 4.69) is 0 Å². The van der Waals surface area contributed by atoms with Crippen LogP contribution in [0.5, 0.6) is 0 Å². The number of hydrogen-bond acceptors (Lipinski definition) is 3. The van der Waals surface area contributed by atoms with Crippen molar-refractivity contribution < 1.29 is 14.3 Å². The van der Waals surface area contributed by atoms with Crippen molar-refractivity contribution in [3.05, 3.63) is 0 Å². The average Bonchev–Trinajstić information content (AvgIpc) is 2.18. The Hall–Kier alpha value is -0.410. The zero-order valence-electron chi connectivity index (χ0n) is 5.42. The summed E-state index contributed by atoms with van der Waals surface area (Å²) in [5, 5.41) is 0. The van der Waals surface area contributed by atoms with Crippen LogP contribution in [0.25, 0.3) is 0 Å². The maximum Gasteiger partial charge on any atom is 0.166 e. The summed E-state index contributed by atoms with van der Waals surface area (Å²) in [6.07, 6.45) is 0. The molecule has 1 atom stereocenters. The first-order valence-electron chi connectivity index (χ1n) is 2.94. The minimum Gasteiger partial charge on any atom is -0.384 e. The Bertz CT molecular complexity index is 111. The van der Waals surface area contributed by atoms with Crippen molar-refractivity contribution in [3.63, 3.8) is 0 Å². The molecule has 1 rings (SSSR count). The maximum absolute atomic E-state index is 10.8. The van der Waals surface area contributed by atoms with Crippen LogP contribution in [0.4, 0.5) is 0 Å². The fourth-order valence-corrected chi connectivity index (χ4v) is 0.855. The molecule has 9 heavy (non-hydrogen) atoms. The van der Waals surface area contributed by atoms with Gasteiger partial charge in [-0.25, -0.2) is 0 Å². The van der Waals surface area contributed by atoms with Crippen LogP contribution in [-0.2, 0) is 14.3 Å². The second-order valence-electron chi connectivity index (χ2n) is 2.13. The number of Topliss-reactive ketones (excluding diaryl/α,β-unsaturated/α-hetero) is 1. The molecule has 0 aromatic heterocycles. The van der Waals surface area contributed by atoms with Gasteiger partial charge in [0, 0.05) is 7.11 Å². The molecule has 1 heterocycles. The van der Waals surface area contributed by atoms with Gasteiger partial charge in [0.1, 0.15) is 6.61 Å². The molecule has 1 aliphatic heterocycles. The molecule has 1 aliphatic rings. The molecule has 0 aliphatic carbocycles. The predicted octanol–water partition coefficient (Wildman–Crippen LogP) is -0.152. The van der Waals surface area contributed by atoms with Gasteiger partial charge >= 0.3 is 0 Å². The summed E-state index contributed by atoms with van der Waals surface area (Å²) in [6, 6.07) is 0. The first kappa shape index (κ1) is 6.71. The first-order valence-corrected chi connectivity index (χ1v) is 2.94. The van der Waals surface area contributed by atoms with E-state index in [0.717, 1.165) is 0 Å². The SMILES string of the molecule is COCC1COCC1=O. The highest BCUT2D eigenvalue weighted by Crippen LogP contribution is 2.07. The van der Waals surface area contributed by atoms with E-state index in [0.29, 0.717) is 13.2 Å². The quantitative estimate of drug-likeness (QED) is 0.521. The third kappa shape index (κ3) is 1.50. The van der Waals surface area contributed by atoms with E-state index in [1.807, 2.05) is 0 Å². The van der Waals surface area contributed by atoms with Crippen LogP contribution < -0.4 is 0 Å². The minimum atomic E-state index is -0.00463. The second kappa shape index (κ2) is 2.94. The van der Waals surface area contributed by atoms with Gasteiger partial charge in [0.25, 0.3) is 0 Å². The summed E-state index contributed by atoms with van der Waals surface area (Å²) in [4.78, 5) is 10.8. The molecule has 3 nitrogen and oxygen atoms in total. The molecule has 1 unspecified atom stereocenters. The van der Waals surface area contributed by atoms with Crippen LogP contribution in [-0.4, -0.2) is 32.7 Å². The molecular formula is C6H10O3. The van der Waals surface area contributed by atoms with Gasteiger partial charge in [0.15, 0.2) is 5.78 Å². The lowest BCUT2D eigenvalue weighted by atomic mass is 10.1. The zero-order valence-corrected chi connectivity index (χ0v) is 5.42. The normalized spacial score (nSPS) is 27.2. The van der Waals surface area contributed by atoms with Crippen molar-refractivity contribution in [2.45, 2.75) is 0 Å². The highest BCUT2D eigenvalue weighted by atomic mass is 16.5. The van der Waals surface area contributed by atoms with Crippen molar-refractivity contribution in [2.75, 3.05) is 26.9 Å². The Kier molecular flexibility index (Phi) is 2.19. The van der Waals surface area contributed by atoms with Crippen LogP contribution in [0.3, 0.4) is 0 Å². The van der Waals surface area contributed by atoms with E-state index in [9.17, 15) is 4.79 Å². The lowest BCUT2D eigenvalue weighted by molar-refractivity contribution is -0.121.